The number of hydrogen-bond acceptors (Lipinski definition) is 4. The van der Waals surface area contributed by atoms with Gasteiger partial charge >= 0.3 is 6.03 Å². The van der Waals surface area contributed by atoms with Gasteiger partial charge in [-0.05, 0) is 19.3 Å². The van der Waals surface area contributed by atoms with E-state index in [0.717, 1.165) is 0 Å². The maximum absolute atomic E-state index is 11.7. The standard InChI is InChI=1S/C11H19N3O3S/c1-9(5-12)7-14(2)11(15)13-6-10-3-4-18(16,17)8-10/h9-10H,3-4,6-8H2,1-2H3,(H,13,15). The SMILES string of the molecule is CC(C#N)CN(C)C(=O)NCC1CCS(=O)(=O)C1. The number of nitrogens with one attached hydrogen (secondary N) is 1. The van der Waals surface area contributed by atoms with Gasteiger partial charge in [0.15, 0.2) is 9.84 Å². The highest BCUT2D eigenvalue weighted by atomic mass is 32.2. The second-order valence-electron chi connectivity index (χ2n) is 4.87. The molecule has 1 N–H and O–H groups in total. The second-order valence-corrected chi connectivity index (χ2v) is 7.09. The quantitative estimate of drug-likeness (QED) is 0.793. The number of urea groups is 1. The van der Waals surface area contributed by atoms with Crippen LogP contribution in [0.4, 0.5) is 4.79 Å². The third kappa shape index (κ3) is 4.53. The molecular formula is C11H19N3O3S. The largest absolute Gasteiger partial charge is 0.338 e. The van der Waals surface area contributed by atoms with Gasteiger partial charge in [-0.3, -0.25) is 0 Å². The van der Waals surface area contributed by atoms with Crippen molar-refractivity contribution in [1.82, 2.24) is 10.2 Å². The molecule has 0 spiro atoms. The summed E-state index contributed by atoms with van der Waals surface area (Å²) in [5.41, 5.74) is 0. The van der Waals surface area contributed by atoms with Crippen LogP contribution in [0.2, 0.25) is 0 Å². The van der Waals surface area contributed by atoms with Crippen LogP contribution >= 0.6 is 0 Å². The van der Waals surface area contributed by atoms with E-state index in [1.54, 1.807) is 14.0 Å². The van der Waals surface area contributed by atoms with Gasteiger partial charge in [-0.25, -0.2) is 13.2 Å². The molecule has 1 saturated heterocycles. The maximum atomic E-state index is 11.7. The van der Waals surface area contributed by atoms with Crippen molar-refractivity contribution in [3.63, 3.8) is 0 Å². The first-order chi connectivity index (χ1) is 8.34. The van der Waals surface area contributed by atoms with Gasteiger partial charge in [0.2, 0.25) is 0 Å². The van der Waals surface area contributed by atoms with E-state index in [1.165, 1.54) is 4.90 Å². The van der Waals surface area contributed by atoms with Gasteiger partial charge in [-0.1, -0.05) is 0 Å². The van der Waals surface area contributed by atoms with Crippen molar-refractivity contribution in [3.05, 3.63) is 0 Å². The van der Waals surface area contributed by atoms with E-state index in [1.807, 2.05) is 0 Å². The Morgan fingerprint density at radius 3 is 2.78 bits per heavy atom. The van der Waals surface area contributed by atoms with E-state index in [-0.39, 0.29) is 29.4 Å². The topological polar surface area (TPSA) is 90.3 Å². The summed E-state index contributed by atoms with van der Waals surface area (Å²) in [6.07, 6.45) is 0.612. The normalized spacial score (nSPS) is 23.1. The first-order valence-electron chi connectivity index (χ1n) is 5.93. The van der Waals surface area contributed by atoms with Crippen molar-refractivity contribution >= 4 is 15.9 Å². The number of sulfone groups is 1. The maximum Gasteiger partial charge on any atom is 0.317 e. The molecule has 0 radical (unpaired) electrons. The fourth-order valence-electron chi connectivity index (χ4n) is 1.93. The molecule has 2 amide bonds. The van der Waals surface area contributed by atoms with Crippen LogP contribution in [0.25, 0.3) is 0 Å². The Bertz CT molecular complexity index is 441. The molecule has 0 bridgehead atoms. The van der Waals surface area contributed by atoms with Gasteiger partial charge in [-0.15, -0.1) is 0 Å². The average molecular weight is 273 g/mol. The molecule has 2 atom stereocenters. The average Bonchev–Trinajstić information content (AvgIpc) is 2.65. The van der Waals surface area contributed by atoms with Gasteiger partial charge in [0.25, 0.3) is 0 Å². The molecule has 0 saturated carbocycles. The Kier molecular flexibility index (Phi) is 4.96. The Labute approximate surface area is 108 Å². The van der Waals surface area contributed by atoms with Crippen molar-refractivity contribution in [1.29, 1.82) is 5.26 Å². The lowest BCUT2D eigenvalue weighted by molar-refractivity contribution is 0.204. The summed E-state index contributed by atoms with van der Waals surface area (Å²) >= 11 is 0. The number of carbonyl (C=O) groups excluding carboxylic acids is 1. The fraction of sp³-hybridized carbons (Fsp3) is 0.818. The van der Waals surface area contributed by atoms with E-state index >= 15 is 0 Å². The van der Waals surface area contributed by atoms with Gasteiger partial charge < -0.3 is 10.2 Å². The highest BCUT2D eigenvalue weighted by molar-refractivity contribution is 7.91. The van der Waals surface area contributed by atoms with Crippen LogP contribution < -0.4 is 5.32 Å². The van der Waals surface area contributed by atoms with Crippen molar-refractivity contribution in [2.45, 2.75) is 13.3 Å². The monoisotopic (exact) mass is 273 g/mol. The van der Waals surface area contributed by atoms with Gasteiger partial charge in [0, 0.05) is 20.1 Å². The number of hydrogen-bond donors (Lipinski definition) is 1. The number of amides is 2. The van der Waals surface area contributed by atoms with Crippen molar-refractivity contribution in [2.75, 3.05) is 31.6 Å². The van der Waals surface area contributed by atoms with Crippen LogP contribution in [-0.4, -0.2) is 51.0 Å². The minimum atomic E-state index is -2.89. The first-order valence-corrected chi connectivity index (χ1v) is 7.75. The molecule has 0 aromatic carbocycles. The van der Waals surface area contributed by atoms with Crippen LogP contribution in [0.5, 0.6) is 0 Å². The molecule has 0 aliphatic carbocycles. The Morgan fingerprint density at radius 2 is 2.28 bits per heavy atom. The molecule has 2 unspecified atom stereocenters. The lowest BCUT2D eigenvalue weighted by Crippen LogP contribution is -2.41. The third-order valence-corrected chi connectivity index (χ3v) is 4.82. The lowest BCUT2D eigenvalue weighted by atomic mass is 10.1. The smallest absolute Gasteiger partial charge is 0.317 e. The van der Waals surface area contributed by atoms with E-state index < -0.39 is 9.84 Å². The summed E-state index contributed by atoms with van der Waals surface area (Å²) < 4.78 is 22.5. The van der Waals surface area contributed by atoms with Crippen molar-refractivity contribution in [2.24, 2.45) is 11.8 Å². The van der Waals surface area contributed by atoms with Crippen molar-refractivity contribution in [3.8, 4) is 6.07 Å². The predicted molar refractivity (Wildman–Crippen MR) is 67.6 cm³/mol. The summed E-state index contributed by atoms with van der Waals surface area (Å²) in [5.74, 6) is 0.175. The zero-order valence-corrected chi connectivity index (χ0v) is 11.5. The molecule has 7 heteroatoms. The summed E-state index contributed by atoms with van der Waals surface area (Å²) in [4.78, 5) is 13.1. The summed E-state index contributed by atoms with van der Waals surface area (Å²) in [6.45, 7) is 2.49. The minimum absolute atomic E-state index is 0.0146. The molecule has 1 rings (SSSR count). The highest BCUT2D eigenvalue weighted by Gasteiger charge is 2.28. The van der Waals surface area contributed by atoms with E-state index in [0.29, 0.717) is 19.5 Å². The molecular weight excluding hydrogens is 254 g/mol. The molecule has 0 aromatic rings. The fourth-order valence-corrected chi connectivity index (χ4v) is 3.80. The molecule has 102 valence electrons. The van der Waals surface area contributed by atoms with Crippen LogP contribution in [0.15, 0.2) is 0 Å². The highest BCUT2D eigenvalue weighted by Crippen LogP contribution is 2.17. The summed E-state index contributed by atoms with van der Waals surface area (Å²) in [7, 11) is -1.27. The Hall–Kier alpha value is -1.29. The van der Waals surface area contributed by atoms with Gasteiger partial charge in [0.05, 0.1) is 23.5 Å². The molecule has 1 heterocycles. The molecule has 1 aliphatic rings. The lowest BCUT2D eigenvalue weighted by Gasteiger charge is -2.20. The van der Waals surface area contributed by atoms with Crippen LogP contribution in [0.3, 0.4) is 0 Å². The molecule has 0 aromatic heterocycles. The van der Waals surface area contributed by atoms with Crippen molar-refractivity contribution < 1.29 is 13.2 Å². The molecule has 1 fully saturated rings. The first kappa shape index (κ1) is 14.8. The molecule has 18 heavy (non-hydrogen) atoms. The van der Waals surface area contributed by atoms with Crippen LogP contribution in [-0.2, 0) is 9.84 Å². The Balaban J connectivity index is 2.31. The summed E-state index contributed by atoms with van der Waals surface area (Å²) in [6, 6.07) is 1.80. The van der Waals surface area contributed by atoms with E-state index in [4.69, 9.17) is 5.26 Å². The van der Waals surface area contributed by atoms with Crippen LogP contribution in [0, 0.1) is 23.2 Å². The third-order valence-electron chi connectivity index (χ3n) is 2.98. The van der Waals surface area contributed by atoms with E-state index in [2.05, 4.69) is 11.4 Å². The Morgan fingerprint density at radius 1 is 1.61 bits per heavy atom. The van der Waals surface area contributed by atoms with Crippen LogP contribution in [0.1, 0.15) is 13.3 Å². The minimum Gasteiger partial charge on any atom is -0.338 e. The summed E-state index contributed by atoms with van der Waals surface area (Å²) in [5, 5.41) is 11.4. The number of carbonyl (C=O) groups is 1. The zero-order valence-electron chi connectivity index (χ0n) is 10.7. The zero-order chi connectivity index (χ0) is 13.8. The molecule has 1 aliphatic heterocycles. The van der Waals surface area contributed by atoms with E-state index in [9.17, 15) is 13.2 Å². The van der Waals surface area contributed by atoms with Gasteiger partial charge in [0.1, 0.15) is 0 Å². The number of nitriles is 1. The van der Waals surface area contributed by atoms with Gasteiger partial charge in [-0.2, -0.15) is 5.26 Å². The predicted octanol–water partition coefficient (Wildman–Crippen LogP) is 0.222. The molecule has 6 nitrogen and oxygen atoms in total. The number of nitrogens with zero attached hydrogens (tertiary/aromatic N) is 2. The number of rotatable bonds is 4. The second kappa shape index (κ2) is 6.05.